The highest BCUT2D eigenvalue weighted by atomic mass is 32.1. The number of hydrogen-bond donors (Lipinski definition) is 1. The first-order valence-electron chi connectivity index (χ1n) is 8.19. The first kappa shape index (κ1) is 16.0. The number of carbonyl (C=O) groups excluding carboxylic acids is 1. The average Bonchev–Trinajstić information content (AvgIpc) is 3.04. The monoisotopic (exact) mass is 354 g/mol. The number of nitrogens with zero attached hydrogens (tertiary/aromatic N) is 4. The number of rotatable bonds is 3. The van der Waals surface area contributed by atoms with Gasteiger partial charge in [-0.2, -0.15) is 0 Å². The Kier molecular flexibility index (Phi) is 4.33. The first-order valence-corrected chi connectivity index (χ1v) is 9.01. The second-order valence-electron chi connectivity index (χ2n) is 6.08. The molecule has 128 valence electrons. The van der Waals surface area contributed by atoms with Crippen LogP contribution >= 0.6 is 11.3 Å². The number of para-hydroxylation sites is 1. The third-order valence-electron chi connectivity index (χ3n) is 4.33. The van der Waals surface area contributed by atoms with Crippen LogP contribution in [0.15, 0.2) is 42.7 Å². The van der Waals surface area contributed by atoms with E-state index < -0.39 is 0 Å². The molecule has 1 aliphatic heterocycles. The Bertz CT molecular complexity index is 870. The summed E-state index contributed by atoms with van der Waals surface area (Å²) in [6.07, 6.45) is 2.82. The molecule has 4 rings (SSSR count). The SMILES string of the molecule is O=C(c1cncc(O)c1)N1CCN(Cc2nc3ccccc3s2)CC1. The third kappa shape index (κ3) is 3.47. The number of pyridine rings is 1. The lowest BCUT2D eigenvalue weighted by Gasteiger charge is -2.34. The Hall–Kier alpha value is -2.51. The molecule has 3 aromatic rings. The summed E-state index contributed by atoms with van der Waals surface area (Å²) in [5, 5.41) is 10.6. The van der Waals surface area contributed by atoms with Gasteiger partial charge in [-0.05, 0) is 18.2 Å². The quantitative estimate of drug-likeness (QED) is 0.782. The van der Waals surface area contributed by atoms with Crippen molar-refractivity contribution in [3.05, 3.63) is 53.3 Å². The van der Waals surface area contributed by atoms with Crippen molar-refractivity contribution >= 4 is 27.5 Å². The number of aromatic nitrogens is 2. The van der Waals surface area contributed by atoms with Gasteiger partial charge in [-0.25, -0.2) is 4.98 Å². The normalized spacial score (nSPS) is 15.6. The number of piperazine rings is 1. The summed E-state index contributed by atoms with van der Waals surface area (Å²) < 4.78 is 1.21. The third-order valence-corrected chi connectivity index (χ3v) is 5.35. The van der Waals surface area contributed by atoms with Gasteiger partial charge < -0.3 is 10.0 Å². The lowest BCUT2D eigenvalue weighted by molar-refractivity contribution is 0.0627. The number of fused-ring (bicyclic) bond motifs is 1. The van der Waals surface area contributed by atoms with Gasteiger partial charge in [-0.15, -0.1) is 11.3 Å². The van der Waals surface area contributed by atoms with Crippen LogP contribution in [0, 0.1) is 0 Å². The van der Waals surface area contributed by atoms with E-state index >= 15 is 0 Å². The number of aromatic hydroxyl groups is 1. The van der Waals surface area contributed by atoms with Crippen molar-refractivity contribution in [2.45, 2.75) is 6.54 Å². The molecule has 0 unspecified atom stereocenters. The highest BCUT2D eigenvalue weighted by Crippen LogP contribution is 2.23. The number of hydrogen-bond acceptors (Lipinski definition) is 6. The van der Waals surface area contributed by atoms with E-state index in [1.165, 1.54) is 23.2 Å². The summed E-state index contributed by atoms with van der Waals surface area (Å²) in [4.78, 5) is 25.2. The molecule has 0 atom stereocenters. The maximum atomic E-state index is 12.5. The Labute approximate surface area is 149 Å². The molecule has 7 heteroatoms. The Morgan fingerprint density at radius 1 is 1.16 bits per heavy atom. The van der Waals surface area contributed by atoms with Crippen LogP contribution in [0.3, 0.4) is 0 Å². The van der Waals surface area contributed by atoms with E-state index in [4.69, 9.17) is 0 Å². The second kappa shape index (κ2) is 6.78. The summed E-state index contributed by atoms with van der Waals surface area (Å²) in [5.74, 6) is -0.0663. The molecular formula is C18H18N4O2S. The molecule has 6 nitrogen and oxygen atoms in total. The minimum absolute atomic E-state index is 0.0142. The molecule has 0 saturated carbocycles. The molecule has 1 saturated heterocycles. The maximum Gasteiger partial charge on any atom is 0.255 e. The predicted molar refractivity (Wildman–Crippen MR) is 96.7 cm³/mol. The zero-order chi connectivity index (χ0) is 17.2. The molecule has 25 heavy (non-hydrogen) atoms. The minimum Gasteiger partial charge on any atom is -0.506 e. The molecule has 3 heterocycles. The van der Waals surface area contributed by atoms with Crippen molar-refractivity contribution in [2.24, 2.45) is 0 Å². The summed E-state index contributed by atoms with van der Waals surface area (Å²) >= 11 is 1.73. The topological polar surface area (TPSA) is 69.6 Å². The fraction of sp³-hybridized carbons (Fsp3) is 0.278. The molecule has 0 radical (unpaired) electrons. The zero-order valence-electron chi connectivity index (χ0n) is 13.6. The molecule has 0 spiro atoms. The van der Waals surface area contributed by atoms with Crippen LogP contribution in [0.25, 0.3) is 10.2 Å². The van der Waals surface area contributed by atoms with Gasteiger partial charge in [0.05, 0.1) is 28.5 Å². The van der Waals surface area contributed by atoms with Gasteiger partial charge >= 0.3 is 0 Å². The van der Waals surface area contributed by atoms with Gasteiger partial charge in [-0.3, -0.25) is 14.7 Å². The van der Waals surface area contributed by atoms with Crippen LogP contribution in [-0.4, -0.2) is 57.0 Å². The highest BCUT2D eigenvalue weighted by molar-refractivity contribution is 7.18. The van der Waals surface area contributed by atoms with E-state index in [9.17, 15) is 9.90 Å². The Morgan fingerprint density at radius 2 is 1.96 bits per heavy atom. The summed E-state index contributed by atoms with van der Waals surface area (Å²) in [7, 11) is 0. The standard InChI is InChI=1S/C18H18N4O2S/c23-14-9-13(10-19-11-14)18(24)22-7-5-21(6-8-22)12-17-20-15-3-1-2-4-16(15)25-17/h1-4,9-11,23H,5-8,12H2. The van der Waals surface area contributed by atoms with Gasteiger partial charge in [0.2, 0.25) is 0 Å². The van der Waals surface area contributed by atoms with Gasteiger partial charge in [-0.1, -0.05) is 12.1 Å². The van der Waals surface area contributed by atoms with E-state index in [0.29, 0.717) is 18.7 Å². The number of amides is 1. The number of benzene rings is 1. The molecular weight excluding hydrogens is 336 g/mol. The molecule has 0 bridgehead atoms. The van der Waals surface area contributed by atoms with Crippen LogP contribution in [0.1, 0.15) is 15.4 Å². The Morgan fingerprint density at radius 3 is 2.72 bits per heavy atom. The van der Waals surface area contributed by atoms with Crippen molar-refractivity contribution in [3.8, 4) is 5.75 Å². The van der Waals surface area contributed by atoms with Crippen molar-refractivity contribution in [1.82, 2.24) is 19.8 Å². The van der Waals surface area contributed by atoms with Gasteiger partial charge in [0.25, 0.3) is 5.91 Å². The van der Waals surface area contributed by atoms with Crippen molar-refractivity contribution in [2.75, 3.05) is 26.2 Å². The summed E-state index contributed by atoms with van der Waals surface area (Å²) in [6, 6.07) is 9.63. The van der Waals surface area contributed by atoms with Crippen LogP contribution in [0.4, 0.5) is 0 Å². The van der Waals surface area contributed by atoms with Gasteiger partial charge in [0.1, 0.15) is 10.8 Å². The van der Waals surface area contributed by atoms with Crippen molar-refractivity contribution < 1.29 is 9.90 Å². The van der Waals surface area contributed by atoms with E-state index in [1.54, 1.807) is 11.3 Å². The highest BCUT2D eigenvalue weighted by Gasteiger charge is 2.23. The van der Waals surface area contributed by atoms with E-state index in [0.717, 1.165) is 30.2 Å². The van der Waals surface area contributed by atoms with Gasteiger partial charge in [0.15, 0.2) is 0 Å². The fourth-order valence-electron chi connectivity index (χ4n) is 3.02. The van der Waals surface area contributed by atoms with Crippen LogP contribution in [0.5, 0.6) is 5.75 Å². The smallest absolute Gasteiger partial charge is 0.255 e. The largest absolute Gasteiger partial charge is 0.506 e. The summed E-state index contributed by atoms with van der Waals surface area (Å²) in [6.45, 7) is 3.77. The molecule has 1 N–H and O–H groups in total. The molecule has 1 amide bonds. The van der Waals surface area contributed by atoms with Crippen LogP contribution in [-0.2, 0) is 6.54 Å². The van der Waals surface area contributed by atoms with Gasteiger partial charge in [0, 0.05) is 32.4 Å². The molecule has 1 aromatic carbocycles. The van der Waals surface area contributed by atoms with Crippen LogP contribution < -0.4 is 0 Å². The first-order chi connectivity index (χ1) is 12.2. The van der Waals surface area contributed by atoms with E-state index in [-0.39, 0.29) is 11.7 Å². The predicted octanol–water partition coefficient (Wildman–Crippen LogP) is 2.35. The molecule has 2 aromatic heterocycles. The fourth-order valence-corrected chi connectivity index (χ4v) is 4.03. The number of carbonyl (C=O) groups is 1. The molecule has 0 aliphatic carbocycles. The van der Waals surface area contributed by atoms with E-state index in [1.807, 2.05) is 23.1 Å². The maximum absolute atomic E-state index is 12.5. The summed E-state index contributed by atoms with van der Waals surface area (Å²) in [5.41, 5.74) is 1.48. The van der Waals surface area contributed by atoms with Crippen molar-refractivity contribution in [3.63, 3.8) is 0 Å². The zero-order valence-corrected chi connectivity index (χ0v) is 14.4. The second-order valence-corrected chi connectivity index (χ2v) is 7.19. The van der Waals surface area contributed by atoms with Crippen molar-refractivity contribution in [1.29, 1.82) is 0 Å². The Balaban J connectivity index is 1.37. The van der Waals surface area contributed by atoms with E-state index in [2.05, 4.69) is 20.9 Å². The number of thiazole rings is 1. The van der Waals surface area contributed by atoms with Crippen LogP contribution in [0.2, 0.25) is 0 Å². The lowest BCUT2D eigenvalue weighted by Crippen LogP contribution is -2.48. The minimum atomic E-state index is -0.0805. The molecule has 1 aliphatic rings. The average molecular weight is 354 g/mol. The molecule has 1 fully saturated rings. The lowest BCUT2D eigenvalue weighted by atomic mass is 10.2.